The molecule has 2 aromatic carbocycles. The Morgan fingerprint density at radius 3 is 2.64 bits per heavy atom. The standard InChI is InChI=1S/C23H28N2O3/c1-16-11-17(7-8-21(16)27-2)14-25-9-10-28-22(15-25)23(26)24-20-12-18-5-3-4-6-19(18)13-20/h3-8,11,20,22H,9-10,12-15H2,1-2H3,(H,24,26). The number of aryl methyl sites for hydroxylation is 1. The van der Waals surface area contributed by atoms with E-state index in [9.17, 15) is 4.79 Å². The Kier molecular flexibility index (Phi) is 5.64. The lowest BCUT2D eigenvalue weighted by atomic mass is 10.1. The van der Waals surface area contributed by atoms with Crippen molar-refractivity contribution in [2.75, 3.05) is 26.8 Å². The molecule has 1 amide bonds. The molecule has 0 saturated carbocycles. The number of amides is 1. The lowest BCUT2D eigenvalue weighted by molar-refractivity contribution is -0.139. The lowest BCUT2D eigenvalue weighted by Gasteiger charge is -2.32. The van der Waals surface area contributed by atoms with Crippen LogP contribution in [0.3, 0.4) is 0 Å². The minimum Gasteiger partial charge on any atom is -0.496 e. The number of carbonyl (C=O) groups is 1. The zero-order chi connectivity index (χ0) is 19.5. The molecule has 1 N–H and O–H groups in total. The number of hydrogen-bond acceptors (Lipinski definition) is 4. The molecule has 1 aliphatic heterocycles. The predicted molar refractivity (Wildman–Crippen MR) is 109 cm³/mol. The molecule has 1 aliphatic carbocycles. The van der Waals surface area contributed by atoms with Gasteiger partial charge in [-0.05, 0) is 48.1 Å². The summed E-state index contributed by atoms with van der Waals surface area (Å²) in [4.78, 5) is 15.1. The number of ether oxygens (including phenoxy) is 2. The highest BCUT2D eigenvalue weighted by Gasteiger charge is 2.30. The summed E-state index contributed by atoms with van der Waals surface area (Å²) in [7, 11) is 1.69. The van der Waals surface area contributed by atoms with Crippen molar-refractivity contribution in [1.29, 1.82) is 0 Å². The summed E-state index contributed by atoms with van der Waals surface area (Å²) in [5.74, 6) is 0.911. The minimum absolute atomic E-state index is 0.00779. The second-order valence-electron chi connectivity index (χ2n) is 7.78. The van der Waals surface area contributed by atoms with Crippen molar-refractivity contribution in [2.24, 2.45) is 0 Å². The van der Waals surface area contributed by atoms with Crippen LogP contribution in [-0.4, -0.2) is 49.8 Å². The predicted octanol–water partition coefficient (Wildman–Crippen LogP) is 2.49. The molecular formula is C23H28N2O3. The smallest absolute Gasteiger partial charge is 0.250 e. The molecule has 0 aromatic heterocycles. The van der Waals surface area contributed by atoms with Gasteiger partial charge in [0.2, 0.25) is 0 Å². The summed E-state index contributed by atoms with van der Waals surface area (Å²) in [5, 5.41) is 3.20. The van der Waals surface area contributed by atoms with E-state index in [1.54, 1.807) is 7.11 Å². The van der Waals surface area contributed by atoms with Gasteiger partial charge in [-0.15, -0.1) is 0 Å². The third kappa shape index (κ3) is 4.21. The molecule has 2 aliphatic rings. The van der Waals surface area contributed by atoms with Gasteiger partial charge in [0.05, 0.1) is 13.7 Å². The third-order valence-electron chi connectivity index (χ3n) is 5.71. The van der Waals surface area contributed by atoms with Crippen LogP contribution in [0.5, 0.6) is 5.75 Å². The van der Waals surface area contributed by atoms with Gasteiger partial charge in [-0.3, -0.25) is 9.69 Å². The van der Waals surface area contributed by atoms with Gasteiger partial charge in [-0.25, -0.2) is 0 Å². The number of morpholine rings is 1. The molecule has 2 aromatic rings. The fraction of sp³-hybridized carbons (Fsp3) is 0.435. The highest BCUT2D eigenvalue weighted by Crippen LogP contribution is 2.23. The molecule has 1 atom stereocenters. The topological polar surface area (TPSA) is 50.8 Å². The first-order chi connectivity index (χ1) is 13.6. The fourth-order valence-electron chi connectivity index (χ4n) is 4.26. The highest BCUT2D eigenvalue weighted by molar-refractivity contribution is 5.81. The van der Waals surface area contributed by atoms with Crippen molar-refractivity contribution >= 4 is 5.91 Å². The van der Waals surface area contributed by atoms with E-state index in [-0.39, 0.29) is 11.9 Å². The average Bonchev–Trinajstić information content (AvgIpc) is 3.10. The molecule has 1 unspecified atom stereocenters. The number of nitrogens with zero attached hydrogens (tertiary/aromatic N) is 1. The first kappa shape index (κ1) is 19.0. The van der Waals surface area contributed by atoms with Crippen molar-refractivity contribution in [3.05, 3.63) is 64.7 Å². The third-order valence-corrected chi connectivity index (χ3v) is 5.71. The normalized spacial score (nSPS) is 20.0. The Labute approximate surface area is 166 Å². The van der Waals surface area contributed by atoms with E-state index >= 15 is 0 Å². The van der Waals surface area contributed by atoms with Crippen LogP contribution in [0.4, 0.5) is 0 Å². The summed E-state index contributed by atoms with van der Waals surface area (Å²) in [6.45, 7) is 4.91. The quantitative estimate of drug-likeness (QED) is 0.866. The van der Waals surface area contributed by atoms with Crippen molar-refractivity contribution in [3.8, 4) is 5.75 Å². The van der Waals surface area contributed by atoms with Gasteiger partial charge in [-0.1, -0.05) is 36.4 Å². The van der Waals surface area contributed by atoms with Crippen LogP contribution in [0.1, 0.15) is 22.3 Å². The average molecular weight is 380 g/mol. The van der Waals surface area contributed by atoms with Gasteiger partial charge < -0.3 is 14.8 Å². The SMILES string of the molecule is COc1ccc(CN2CCOC(C(=O)NC3Cc4ccccc4C3)C2)cc1C. The molecule has 0 bridgehead atoms. The minimum atomic E-state index is -0.406. The van der Waals surface area contributed by atoms with Crippen molar-refractivity contribution in [1.82, 2.24) is 10.2 Å². The molecule has 0 spiro atoms. The number of rotatable bonds is 5. The molecule has 28 heavy (non-hydrogen) atoms. The van der Waals surface area contributed by atoms with E-state index in [4.69, 9.17) is 9.47 Å². The summed E-state index contributed by atoms with van der Waals surface area (Å²) in [5.41, 5.74) is 5.04. The van der Waals surface area contributed by atoms with Crippen LogP contribution in [0.2, 0.25) is 0 Å². The molecular weight excluding hydrogens is 352 g/mol. The highest BCUT2D eigenvalue weighted by atomic mass is 16.5. The molecule has 1 heterocycles. The number of hydrogen-bond donors (Lipinski definition) is 1. The second-order valence-corrected chi connectivity index (χ2v) is 7.78. The number of carbonyl (C=O) groups excluding carboxylic acids is 1. The Balaban J connectivity index is 1.32. The van der Waals surface area contributed by atoms with Gasteiger partial charge in [0.15, 0.2) is 0 Å². The van der Waals surface area contributed by atoms with Gasteiger partial charge in [0, 0.05) is 25.7 Å². The zero-order valence-corrected chi connectivity index (χ0v) is 16.6. The van der Waals surface area contributed by atoms with Crippen molar-refractivity contribution < 1.29 is 14.3 Å². The first-order valence-electron chi connectivity index (χ1n) is 9.97. The molecule has 5 heteroatoms. The summed E-state index contributed by atoms with van der Waals surface area (Å²) < 4.78 is 11.1. The largest absolute Gasteiger partial charge is 0.496 e. The Hall–Kier alpha value is -2.37. The summed E-state index contributed by atoms with van der Waals surface area (Å²) in [6, 6.07) is 14.8. The van der Waals surface area contributed by atoms with Crippen LogP contribution in [-0.2, 0) is 28.9 Å². The van der Waals surface area contributed by atoms with E-state index in [1.165, 1.54) is 16.7 Å². The molecule has 148 valence electrons. The summed E-state index contributed by atoms with van der Waals surface area (Å²) >= 11 is 0. The number of fused-ring (bicyclic) bond motifs is 1. The van der Waals surface area contributed by atoms with Gasteiger partial charge in [-0.2, -0.15) is 0 Å². The fourth-order valence-corrected chi connectivity index (χ4v) is 4.26. The van der Waals surface area contributed by atoms with Gasteiger partial charge in [0.1, 0.15) is 11.9 Å². The maximum Gasteiger partial charge on any atom is 0.250 e. The molecule has 1 fully saturated rings. The van der Waals surface area contributed by atoms with E-state index in [0.717, 1.165) is 37.2 Å². The van der Waals surface area contributed by atoms with Crippen LogP contribution >= 0.6 is 0 Å². The van der Waals surface area contributed by atoms with E-state index in [1.807, 2.05) is 6.07 Å². The number of methoxy groups -OCH3 is 1. The Morgan fingerprint density at radius 2 is 1.96 bits per heavy atom. The second kappa shape index (κ2) is 8.33. The molecule has 5 nitrogen and oxygen atoms in total. The molecule has 4 rings (SSSR count). The van der Waals surface area contributed by atoms with E-state index < -0.39 is 6.10 Å². The Morgan fingerprint density at radius 1 is 1.21 bits per heavy atom. The van der Waals surface area contributed by atoms with Crippen molar-refractivity contribution in [3.63, 3.8) is 0 Å². The van der Waals surface area contributed by atoms with E-state index in [2.05, 4.69) is 53.5 Å². The van der Waals surface area contributed by atoms with Crippen LogP contribution in [0.15, 0.2) is 42.5 Å². The van der Waals surface area contributed by atoms with Crippen LogP contribution in [0, 0.1) is 6.92 Å². The first-order valence-corrected chi connectivity index (χ1v) is 9.97. The van der Waals surface area contributed by atoms with Crippen molar-refractivity contribution in [2.45, 2.75) is 38.5 Å². The monoisotopic (exact) mass is 380 g/mol. The molecule has 0 radical (unpaired) electrons. The maximum atomic E-state index is 12.8. The maximum absolute atomic E-state index is 12.8. The Bertz CT molecular complexity index is 826. The number of benzene rings is 2. The van der Waals surface area contributed by atoms with Gasteiger partial charge >= 0.3 is 0 Å². The number of nitrogens with one attached hydrogen (secondary N) is 1. The zero-order valence-electron chi connectivity index (χ0n) is 16.6. The van der Waals surface area contributed by atoms with Crippen LogP contribution < -0.4 is 10.1 Å². The molecule has 1 saturated heterocycles. The summed E-state index contributed by atoms with van der Waals surface area (Å²) in [6.07, 6.45) is 1.41. The van der Waals surface area contributed by atoms with Crippen LogP contribution in [0.25, 0.3) is 0 Å². The van der Waals surface area contributed by atoms with E-state index in [0.29, 0.717) is 13.2 Å². The van der Waals surface area contributed by atoms with Gasteiger partial charge in [0.25, 0.3) is 5.91 Å². The lowest BCUT2D eigenvalue weighted by Crippen LogP contribution is -2.51.